The van der Waals surface area contributed by atoms with Crippen LogP contribution in [0.25, 0.3) is 0 Å². The van der Waals surface area contributed by atoms with Gasteiger partial charge in [-0.15, -0.1) is 0 Å². The number of carbonyl (C=O) groups excluding carboxylic acids is 2. The highest BCUT2D eigenvalue weighted by Crippen LogP contribution is 2.24. The normalized spacial score (nSPS) is 12.0. The molecule has 0 aliphatic carbocycles. The molecular formula is C27H39N3O5S. The van der Waals surface area contributed by atoms with Crippen LogP contribution in [0.15, 0.2) is 48.5 Å². The van der Waals surface area contributed by atoms with Crippen LogP contribution in [-0.2, 0) is 26.2 Å². The van der Waals surface area contributed by atoms with Gasteiger partial charge in [0.1, 0.15) is 11.8 Å². The van der Waals surface area contributed by atoms with Crippen LogP contribution in [-0.4, -0.2) is 57.6 Å². The molecule has 0 aliphatic heterocycles. The molecule has 0 aromatic heterocycles. The van der Waals surface area contributed by atoms with Crippen molar-refractivity contribution in [1.82, 2.24) is 10.2 Å². The molecule has 0 saturated carbocycles. The summed E-state index contributed by atoms with van der Waals surface area (Å²) in [5, 5.41) is 2.91. The summed E-state index contributed by atoms with van der Waals surface area (Å²) >= 11 is 0. The molecule has 2 aromatic carbocycles. The zero-order valence-electron chi connectivity index (χ0n) is 22.0. The number of ether oxygens (including phenoxy) is 1. The summed E-state index contributed by atoms with van der Waals surface area (Å²) in [6, 6.07) is 14.1. The fraction of sp³-hybridized carbons (Fsp3) is 0.481. The van der Waals surface area contributed by atoms with Gasteiger partial charge in [-0.05, 0) is 43.9 Å². The van der Waals surface area contributed by atoms with Gasteiger partial charge in [0, 0.05) is 32.1 Å². The summed E-state index contributed by atoms with van der Waals surface area (Å²) in [4.78, 5) is 27.9. The summed E-state index contributed by atoms with van der Waals surface area (Å²) in [7, 11) is -2.05. The fourth-order valence-corrected chi connectivity index (χ4v) is 4.90. The first-order valence-electron chi connectivity index (χ1n) is 12.3. The molecule has 0 heterocycles. The number of anilines is 1. The van der Waals surface area contributed by atoms with Crippen molar-refractivity contribution in [2.24, 2.45) is 0 Å². The number of methoxy groups -OCH3 is 1. The largest absolute Gasteiger partial charge is 0.497 e. The van der Waals surface area contributed by atoms with E-state index < -0.39 is 16.1 Å². The van der Waals surface area contributed by atoms with Gasteiger partial charge < -0.3 is 15.0 Å². The molecule has 1 atom stereocenters. The fourth-order valence-electron chi connectivity index (χ4n) is 3.95. The van der Waals surface area contributed by atoms with Crippen LogP contribution in [0.2, 0.25) is 0 Å². The molecule has 198 valence electrons. The Hall–Kier alpha value is -3.07. The van der Waals surface area contributed by atoms with E-state index in [0.29, 0.717) is 37.4 Å². The highest BCUT2D eigenvalue weighted by Gasteiger charge is 2.28. The van der Waals surface area contributed by atoms with Gasteiger partial charge in [-0.1, -0.05) is 49.7 Å². The number of rotatable bonds is 14. The number of hydrogen-bond acceptors (Lipinski definition) is 5. The van der Waals surface area contributed by atoms with E-state index in [-0.39, 0.29) is 24.8 Å². The number of amides is 2. The lowest BCUT2D eigenvalue weighted by Crippen LogP contribution is -2.49. The van der Waals surface area contributed by atoms with E-state index >= 15 is 0 Å². The van der Waals surface area contributed by atoms with Crippen molar-refractivity contribution in [3.8, 4) is 5.75 Å². The zero-order valence-corrected chi connectivity index (χ0v) is 22.8. The summed E-state index contributed by atoms with van der Waals surface area (Å²) < 4.78 is 31.5. The number of aryl methyl sites for hydroxylation is 1. The molecule has 0 spiro atoms. The highest BCUT2D eigenvalue weighted by atomic mass is 32.2. The zero-order chi connectivity index (χ0) is 26.7. The molecule has 2 rings (SSSR count). The van der Waals surface area contributed by atoms with Gasteiger partial charge in [0.15, 0.2) is 0 Å². The minimum absolute atomic E-state index is 0.111. The van der Waals surface area contributed by atoms with Crippen LogP contribution in [0.1, 0.15) is 50.7 Å². The maximum Gasteiger partial charge on any atom is 0.242 e. The number of hydrogen-bond donors (Lipinski definition) is 1. The third-order valence-electron chi connectivity index (χ3n) is 5.90. The van der Waals surface area contributed by atoms with Crippen LogP contribution in [0.4, 0.5) is 5.69 Å². The molecule has 0 radical (unpaired) electrons. The third kappa shape index (κ3) is 8.55. The second-order valence-electron chi connectivity index (χ2n) is 8.86. The molecule has 0 fully saturated rings. The van der Waals surface area contributed by atoms with E-state index in [0.717, 1.165) is 23.8 Å². The van der Waals surface area contributed by atoms with Crippen LogP contribution in [0.5, 0.6) is 5.75 Å². The molecule has 9 heteroatoms. The maximum atomic E-state index is 13.4. The Morgan fingerprint density at radius 2 is 1.78 bits per heavy atom. The molecule has 0 saturated heterocycles. The predicted molar refractivity (Wildman–Crippen MR) is 144 cm³/mol. The summed E-state index contributed by atoms with van der Waals surface area (Å²) in [5.74, 6) is 0.188. The summed E-state index contributed by atoms with van der Waals surface area (Å²) in [5.41, 5.74) is 2.53. The van der Waals surface area contributed by atoms with Crippen LogP contribution >= 0.6 is 0 Å². The summed E-state index contributed by atoms with van der Waals surface area (Å²) in [6.45, 7) is 6.85. The molecule has 0 bridgehead atoms. The van der Waals surface area contributed by atoms with E-state index in [1.807, 2.05) is 45.0 Å². The molecule has 0 unspecified atom stereocenters. The second-order valence-corrected chi connectivity index (χ2v) is 10.8. The minimum atomic E-state index is -3.57. The first-order chi connectivity index (χ1) is 17.1. The van der Waals surface area contributed by atoms with Gasteiger partial charge in [0.2, 0.25) is 21.8 Å². The van der Waals surface area contributed by atoms with E-state index in [1.54, 1.807) is 29.2 Å². The Kier molecular flexibility index (Phi) is 11.2. The van der Waals surface area contributed by atoms with Crippen LogP contribution in [0, 0.1) is 6.92 Å². The number of nitrogens with zero attached hydrogens (tertiary/aromatic N) is 2. The van der Waals surface area contributed by atoms with Gasteiger partial charge in [0.25, 0.3) is 0 Å². The van der Waals surface area contributed by atoms with Crippen molar-refractivity contribution in [3.63, 3.8) is 0 Å². The van der Waals surface area contributed by atoms with Crippen LogP contribution in [0.3, 0.4) is 0 Å². The second kappa shape index (κ2) is 13.9. The molecular weight excluding hydrogens is 478 g/mol. The van der Waals surface area contributed by atoms with E-state index in [1.165, 1.54) is 11.4 Å². The van der Waals surface area contributed by atoms with Gasteiger partial charge in [-0.3, -0.25) is 13.9 Å². The Morgan fingerprint density at radius 1 is 1.08 bits per heavy atom. The van der Waals surface area contributed by atoms with E-state index in [4.69, 9.17) is 4.74 Å². The van der Waals surface area contributed by atoms with Crippen molar-refractivity contribution in [2.75, 3.05) is 30.8 Å². The van der Waals surface area contributed by atoms with Crippen LogP contribution < -0.4 is 14.4 Å². The molecule has 2 amide bonds. The van der Waals surface area contributed by atoms with Gasteiger partial charge in [-0.25, -0.2) is 8.42 Å². The lowest BCUT2D eigenvalue weighted by Gasteiger charge is -2.31. The average molecular weight is 518 g/mol. The molecule has 36 heavy (non-hydrogen) atoms. The first kappa shape index (κ1) is 29.2. The highest BCUT2D eigenvalue weighted by molar-refractivity contribution is 7.92. The predicted octanol–water partition coefficient (Wildman–Crippen LogP) is 3.88. The monoisotopic (exact) mass is 517 g/mol. The Bertz CT molecular complexity index is 1100. The quantitative estimate of drug-likeness (QED) is 0.410. The third-order valence-corrected chi connectivity index (χ3v) is 7.10. The van der Waals surface area contributed by atoms with Crippen molar-refractivity contribution in [1.29, 1.82) is 0 Å². The standard InChI is InChI=1S/C27H39N3O5S/c1-6-17-28-27(32)25(7-2)29(20-22-15-13-21(3)14-16-22)26(31)12-9-18-30(36(5,33)34)23-10-8-11-24(19-23)35-4/h8,10-11,13-16,19,25H,6-7,9,12,17-18,20H2,1-5H3,(H,28,32)/t25-/m1/s1. The first-order valence-corrected chi connectivity index (χ1v) is 14.2. The van der Waals surface area contributed by atoms with Gasteiger partial charge in [0.05, 0.1) is 19.1 Å². The number of nitrogens with one attached hydrogen (secondary N) is 1. The Balaban J connectivity index is 2.20. The van der Waals surface area contributed by atoms with E-state index in [2.05, 4.69) is 5.32 Å². The Labute approximate surface area is 215 Å². The van der Waals surface area contributed by atoms with Crippen molar-refractivity contribution in [2.45, 2.75) is 59.0 Å². The van der Waals surface area contributed by atoms with Gasteiger partial charge in [-0.2, -0.15) is 0 Å². The molecule has 8 nitrogen and oxygen atoms in total. The molecule has 1 N–H and O–H groups in total. The minimum Gasteiger partial charge on any atom is -0.497 e. The summed E-state index contributed by atoms with van der Waals surface area (Å²) in [6.07, 6.45) is 2.84. The lowest BCUT2D eigenvalue weighted by atomic mass is 10.1. The topological polar surface area (TPSA) is 96.0 Å². The molecule has 2 aromatic rings. The van der Waals surface area contributed by atoms with Gasteiger partial charge >= 0.3 is 0 Å². The maximum absolute atomic E-state index is 13.4. The van der Waals surface area contributed by atoms with Crippen molar-refractivity contribution >= 4 is 27.5 Å². The number of carbonyl (C=O) groups is 2. The van der Waals surface area contributed by atoms with E-state index in [9.17, 15) is 18.0 Å². The average Bonchev–Trinajstić information content (AvgIpc) is 2.85. The molecule has 0 aliphatic rings. The smallest absolute Gasteiger partial charge is 0.242 e. The number of sulfonamides is 1. The lowest BCUT2D eigenvalue weighted by molar-refractivity contribution is -0.141. The van der Waals surface area contributed by atoms with Crippen molar-refractivity contribution < 1.29 is 22.7 Å². The van der Waals surface area contributed by atoms with Crippen molar-refractivity contribution in [3.05, 3.63) is 59.7 Å². The SMILES string of the molecule is CCCNC(=O)[C@@H](CC)N(Cc1ccc(C)cc1)C(=O)CCCN(c1cccc(OC)c1)S(C)(=O)=O. The number of benzene rings is 2. The Morgan fingerprint density at radius 3 is 2.36 bits per heavy atom.